The monoisotopic (exact) mass is 349 g/mol. The van der Waals surface area contributed by atoms with Crippen molar-refractivity contribution in [3.8, 4) is 0 Å². The summed E-state index contributed by atoms with van der Waals surface area (Å²) in [5.41, 5.74) is 0.867. The standard InChI is InChI=1S/C17H16FNO4S/c1-11(20)13-3-7-15(8-4-13)19-17(21)12(2)24(22,23)16-9-5-14(18)6-10-16/h3-10,12H,1-2H3,(H,19,21). The molecule has 0 aliphatic heterocycles. The lowest BCUT2D eigenvalue weighted by atomic mass is 10.1. The van der Waals surface area contributed by atoms with Gasteiger partial charge >= 0.3 is 0 Å². The van der Waals surface area contributed by atoms with Gasteiger partial charge in [-0.2, -0.15) is 0 Å². The van der Waals surface area contributed by atoms with Gasteiger partial charge in [0.05, 0.1) is 4.90 Å². The average molecular weight is 349 g/mol. The second-order valence-electron chi connectivity index (χ2n) is 5.26. The Hall–Kier alpha value is -2.54. The second kappa shape index (κ2) is 6.92. The molecule has 1 atom stereocenters. The zero-order valence-electron chi connectivity index (χ0n) is 13.1. The maximum Gasteiger partial charge on any atom is 0.242 e. The summed E-state index contributed by atoms with van der Waals surface area (Å²) in [4.78, 5) is 23.3. The molecule has 0 aliphatic carbocycles. The Kier molecular flexibility index (Phi) is 5.14. The number of ketones is 1. The number of rotatable bonds is 5. The van der Waals surface area contributed by atoms with Gasteiger partial charge in [-0.1, -0.05) is 0 Å². The summed E-state index contributed by atoms with van der Waals surface area (Å²) in [5, 5.41) is 1.14. The van der Waals surface area contributed by atoms with Gasteiger partial charge in [0.1, 0.15) is 11.1 Å². The highest BCUT2D eigenvalue weighted by Gasteiger charge is 2.29. The quantitative estimate of drug-likeness (QED) is 0.665. The average Bonchev–Trinajstić information content (AvgIpc) is 2.55. The Balaban J connectivity index is 2.16. The minimum atomic E-state index is -3.93. The van der Waals surface area contributed by atoms with E-state index >= 15 is 0 Å². The van der Waals surface area contributed by atoms with Crippen molar-refractivity contribution < 1.29 is 22.4 Å². The zero-order chi connectivity index (χ0) is 17.9. The van der Waals surface area contributed by atoms with Crippen LogP contribution in [0.5, 0.6) is 0 Å². The summed E-state index contributed by atoms with van der Waals surface area (Å²) < 4.78 is 37.7. The van der Waals surface area contributed by atoms with Gasteiger partial charge in [0.25, 0.3) is 0 Å². The number of halogens is 1. The molecule has 0 heterocycles. The minimum Gasteiger partial charge on any atom is -0.325 e. The number of carbonyl (C=O) groups is 2. The van der Waals surface area contributed by atoms with E-state index in [-0.39, 0.29) is 10.7 Å². The molecule has 5 nitrogen and oxygen atoms in total. The number of hydrogen-bond donors (Lipinski definition) is 1. The first-order valence-electron chi connectivity index (χ1n) is 7.13. The summed E-state index contributed by atoms with van der Waals surface area (Å²) in [6.45, 7) is 2.68. The Bertz CT molecular complexity index is 858. The molecule has 0 bridgehead atoms. The number of hydrogen-bond acceptors (Lipinski definition) is 4. The highest BCUT2D eigenvalue weighted by Crippen LogP contribution is 2.18. The predicted molar refractivity (Wildman–Crippen MR) is 88.1 cm³/mol. The van der Waals surface area contributed by atoms with Crippen molar-refractivity contribution in [1.29, 1.82) is 0 Å². The highest BCUT2D eigenvalue weighted by molar-refractivity contribution is 7.92. The molecule has 0 aliphatic rings. The van der Waals surface area contributed by atoms with Gasteiger partial charge in [0, 0.05) is 11.3 Å². The van der Waals surface area contributed by atoms with Crippen LogP contribution in [-0.2, 0) is 14.6 Å². The van der Waals surface area contributed by atoms with E-state index in [1.54, 1.807) is 0 Å². The Morgan fingerprint density at radius 3 is 2.04 bits per heavy atom. The SMILES string of the molecule is CC(=O)c1ccc(NC(=O)C(C)S(=O)(=O)c2ccc(F)cc2)cc1. The molecule has 0 saturated heterocycles. The predicted octanol–water partition coefficient (Wildman–Crippen LogP) is 2.83. The number of benzene rings is 2. The number of carbonyl (C=O) groups excluding carboxylic acids is 2. The highest BCUT2D eigenvalue weighted by atomic mass is 32.2. The first kappa shape index (κ1) is 17.8. The van der Waals surface area contributed by atoms with Crippen LogP contribution < -0.4 is 5.32 Å². The van der Waals surface area contributed by atoms with Crippen molar-refractivity contribution in [2.24, 2.45) is 0 Å². The molecule has 0 fully saturated rings. The molecule has 24 heavy (non-hydrogen) atoms. The molecule has 2 aromatic carbocycles. The van der Waals surface area contributed by atoms with Gasteiger partial charge in [-0.05, 0) is 62.4 Å². The summed E-state index contributed by atoms with van der Waals surface area (Å²) in [5.74, 6) is -1.38. The lowest BCUT2D eigenvalue weighted by Crippen LogP contribution is -2.32. The van der Waals surface area contributed by atoms with E-state index in [9.17, 15) is 22.4 Å². The zero-order valence-corrected chi connectivity index (χ0v) is 13.9. The molecule has 2 aromatic rings. The summed E-state index contributed by atoms with van der Waals surface area (Å²) in [6, 6.07) is 10.4. The maximum absolute atomic E-state index is 12.9. The molecule has 1 amide bonds. The lowest BCUT2D eigenvalue weighted by molar-refractivity contribution is -0.115. The van der Waals surface area contributed by atoms with Crippen LogP contribution in [0.2, 0.25) is 0 Å². The number of amides is 1. The largest absolute Gasteiger partial charge is 0.325 e. The molecule has 1 N–H and O–H groups in total. The molecule has 126 valence electrons. The van der Waals surface area contributed by atoms with Crippen LogP contribution in [0.1, 0.15) is 24.2 Å². The molecule has 0 saturated carbocycles. The van der Waals surface area contributed by atoms with Crippen LogP contribution >= 0.6 is 0 Å². The second-order valence-corrected chi connectivity index (χ2v) is 7.53. The summed E-state index contributed by atoms with van der Waals surface area (Å²) >= 11 is 0. The fourth-order valence-electron chi connectivity index (χ4n) is 2.00. The molecule has 0 spiro atoms. The Morgan fingerprint density at radius 1 is 1.00 bits per heavy atom. The number of nitrogens with one attached hydrogen (secondary N) is 1. The van der Waals surface area contributed by atoms with E-state index in [1.807, 2.05) is 0 Å². The molecular weight excluding hydrogens is 333 g/mol. The summed E-state index contributed by atoms with van der Waals surface area (Å²) in [6.07, 6.45) is 0. The van der Waals surface area contributed by atoms with E-state index in [0.29, 0.717) is 11.3 Å². The third-order valence-electron chi connectivity index (χ3n) is 3.54. The topological polar surface area (TPSA) is 80.3 Å². The van der Waals surface area contributed by atoms with Crippen LogP contribution in [0.4, 0.5) is 10.1 Å². The third kappa shape index (κ3) is 3.86. The maximum atomic E-state index is 12.9. The van der Waals surface area contributed by atoms with Crippen LogP contribution in [0.3, 0.4) is 0 Å². The lowest BCUT2D eigenvalue weighted by Gasteiger charge is -2.13. The molecule has 0 radical (unpaired) electrons. The third-order valence-corrected chi connectivity index (χ3v) is 5.61. The Morgan fingerprint density at radius 2 is 1.54 bits per heavy atom. The normalized spacial score (nSPS) is 12.5. The van der Waals surface area contributed by atoms with Gasteiger partial charge in [-0.25, -0.2) is 12.8 Å². The molecule has 7 heteroatoms. The smallest absolute Gasteiger partial charge is 0.242 e. The van der Waals surface area contributed by atoms with Crippen LogP contribution in [0.15, 0.2) is 53.4 Å². The van der Waals surface area contributed by atoms with Gasteiger partial charge < -0.3 is 5.32 Å². The fraction of sp³-hybridized carbons (Fsp3) is 0.176. The Labute approximate surface area is 139 Å². The van der Waals surface area contributed by atoms with Crippen molar-refractivity contribution >= 4 is 27.2 Å². The van der Waals surface area contributed by atoms with Crippen LogP contribution in [0.25, 0.3) is 0 Å². The minimum absolute atomic E-state index is 0.111. The fourth-order valence-corrected chi connectivity index (χ4v) is 3.27. The number of sulfone groups is 1. The van der Waals surface area contributed by atoms with Gasteiger partial charge in [-0.15, -0.1) is 0 Å². The summed E-state index contributed by atoms with van der Waals surface area (Å²) in [7, 11) is -3.93. The van der Waals surface area contributed by atoms with Crippen LogP contribution in [-0.4, -0.2) is 25.4 Å². The molecule has 2 rings (SSSR count). The number of Topliss-reactive ketones (excluding diaryl/α,β-unsaturated/α-hetero) is 1. The van der Waals surface area contributed by atoms with Gasteiger partial charge in [0.2, 0.25) is 5.91 Å². The van der Waals surface area contributed by atoms with Crippen molar-refractivity contribution in [1.82, 2.24) is 0 Å². The van der Waals surface area contributed by atoms with E-state index in [1.165, 1.54) is 38.1 Å². The first-order chi connectivity index (χ1) is 11.2. The van der Waals surface area contributed by atoms with Gasteiger partial charge in [-0.3, -0.25) is 9.59 Å². The van der Waals surface area contributed by atoms with E-state index in [4.69, 9.17) is 0 Å². The number of anilines is 1. The molecule has 0 aromatic heterocycles. The van der Waals surface area contributed by atoms with Crippen molar-refractivity contribution in [2.75, 3.05) is 5.32 Å². The van der Waals surface area contributed by atoms with E-state index in [2.05, 4.69) is 5.32 Å². The van der Waals surface area contributed by atoms with Crippen molar-refractivity contribution in [3.63, 3.8) is 0 Å². The van der Waals surface area contributed by atoms with Crippen molar-refractivity contribution in [3.05, 3.63) is 59.9 Å². The molecule has 1 unspecified atom stereocenters. The van der Waals surface area contributed by atoms with E-state index in [0.717, 1.165) is 24.3 Å². The van der Waals surface area contributed by atoms with Crippen LogP contribution in [0, 0.1) is 5.82 Å². The van der Waals surface area contributed by atoms with Crippen molar-refractivity contribution in [2.45, 2.75) is 24.0 Å². The van der Waals surface area contributed by atoms with Gasteiger partial charge in [0.15, 0.2) is 15.6 Å². The van der Waals surface area contributed by atoms with E-state index < -0.39 is 26.8 Å². The molecular formula is C17H16FNO4S. The first-order valence-corrected chi connectivity index (χ1v) is 8.68.